The van der Waals surface area contributed by atoms with Gasteiger partial charge in [0.1, 0.15) is 28.4 Å². The SMILES string of the molecule is Nc1c(F)ccc(S(=O)(=O)Nc2cnoc2)c1F. The highest BCUT2D eigenvalue weighted by Gasteiger charge is 2.23. The Labute approximate surface area is 100 Å². The number of hydrogen-bond donors (Lipinski definition) is 2. The number of nitrogens with zero attached hydrogens (tertiary/aromatic N) is 1. The zero-order valence-electron chi connectivity index (χ0n) is 8.72. The molecule has 3 N–H and O–H groups in total. The van der Waals surface area contributed by atoms with Gasteiger partial charge in [0.15, 0.2) is 5.82 Å². The van der Waals surface area contributed by atoms with Crippen LogP contribution in [0.4, 0.5) is 20.2 Å². The maximum absolute atomic E-state index is 13.6. The van der Waals surface area contributed by atoms with E-state index in [4.69, 9.17) is 5.73 Å². The first-order valence-electron chi connectivity index (χ1n) is 4.57. The molecule has 2 rings (SSSR count). The normalized spacial score (nSPS) is 11.4. The summed E-state index contributed by atoms with van der Waals surface area (Å²) >= 11 is 0. The zero-order valence-corrected chi connectivity index (χ0v) is 9.54. The van der Waals surface area contributed by atoms with Crippen molar-refractivity contribution in [2.75, 3.05) is 10.5 Å². The highest BCUT2D eigenvalue weighted by atomic mass is 32.2. The van der Waals surface area contributed by atoms with E-state index in [0.717, 1.165) is 24.6 Å². The third kappa shape index (κ3) is 2.12. The van der Waals surface area contributed by atoms with Crippen LogP contribution in [0.15, 0.2) is 34.0 Å². The van der Waals surface area contributed by atoms with Crippen LogP contribution in [0.25, 0.3) is 0 Å². The van der Waals surface area contributed by atoms with Gasteiger partial charge in [0.25, 0.3) is 10.0 Å². The Bertz CT molecular complexity index is 671. The van der Waals surface area contributed by atoms with Gasteiger partial charge in [-0.25, -0.2) is 17.2 Å². The molecule has 0 unspecified atom stereocenters. The number of aromatic nitrogens is 1. The first-order chi connectivity index (χ1) is 8.42. The highest BCUT2D eigenvalue weighted by Crippen LogP contribution is 2.24. The Hall–Kier alpha value is -2.16. The third-order valence-electron chi connectivity index (χ3n) is 2.07. The molecule has 1 aromatic heterocycles. The number of rotatable bonds is 3. The molecule has 96 valence electrons. The number of anilines is 2. The van der Waals surface area contributed by atoms with Crippen molar-refractivity contribution in [1.82, 2.24) is 5.16 Å². The van der Waals surface area contributed by atoms with Crippen LogP contribution in [-0.2, 0) is 10.0 Å². The van der Waals surface area contributed by atoms with Crippen LogP contribution in [0.1, 0.15) is 0 Å². The van der Waals surface area contributed by atoms with Crippen LogP contribution in [-0.4, -0.2) is 13.6 Å². The average Bonchev–Trinajstić information content (AvgIpc) is 2.77. The summed E-state index contributed by atoms with van der Waals surface area (Å²) < 4.78 is 56.5. The highest BCUT2D eigenvalue weighted by molar-refractivity contribution is 7.92. The summed E-state index contributed by atoms with van der Waals surface area (Å²) in [5, 5.41) is 3.27. The van der Waals surface area contributed by atoms with Gasteiger partial charge in [0.2, 0.25) is 0 Å². The number of nitrogens with two attached hydrogens (primary N) is 1. The second kappa shape index (κ2) is 4.26. The summed E-state index contributed by atoms with van der Waals surface area (Å²) in [5.74, 6) is -2.38. The molecule has 0 fully saturated rings. The first kappa shape index (κ1) is 12.3. The number of sulfonamides is 1. The molecule has 1 heterocycles. The molecular weight excluding hydrogens is 268 g/mol. The summed E-state index contributed by atoms with van der Waals surface area (Å²) in [6.45, 7) is 0. The first-order valence-corrected chi connectivity index (χ1v) is 6.06. The van der Waals surface area contributed by atoms with E-state index in [9.17, 15) is 17.2 Å². The van der Waals surface area contributed by atoms with Gasteiger partial charge in [0.05, 0.1) is 6.20 Å². The number of nitrogen functional groups attached to an aromatic ring is 1. The Morgan fingerprint density at radius 3 is 2.67 bits per heavy atom. The maximum atomic E-state index is 13.6. The fourth-order valence-corrected chi connectivity index (χ4v) is 2.34. The van der Waals surface area contributed by atoms with E-state index < -0.39 is 32.2 Å². The molecule has 0 saturated carbocycles. The Balaban J connectivity index is 2.45. The van der Waals surface area contributed by atoms with E-state index in [1.165, 1.54) is 0 Å². The van der Waals surface area contributed by atoms with Gasteiger partial charge in [-0.3, -0.25) is 4.72 Å². The smallest absolute Gasteiger partial charge is 0.265 e. The lowest BCUT2D eigenvalue weighted by molar-refractivity contribution is 0.420. The summed E-state index contributed by atoms with van der Waals surface area (Å²) in [4.78, 5) is -0.761. The molecule has 0 saturated heterocycles. The minimum atomic E-state index is -4.22. The summed E-state index contributed by atoms with van der Waals surface area (Å²) in [6.07, 6.45) is 2.10. The molecule has 18 heavy (non-hydrogen) atoms. The van der Waals surface area contributed by atoms with Crippen molar-refractivity contribution < 1.29 is 21.7 Å². The van der Waals surface area contributed by atoms with Gasteiger partial charge >= 0.3 is 0 Å². The van der Waals surface area contributed by atoms with Crippen molar-refractivity contribution in [3.05, 3.63) is 36.2 Å². The summed E-state index contributed by atoms with van der Waals surface area (Å²) in [7, 11) is -4.22. The van der Waals surface area contributed by atoms with Crippen LogP contribution in [0, 0.1) is 11.6 Å². The molecule has 0 aliphatic heterocycles. The van der Waals surface area contributed by atoms with Gasteiger partial charge in [-0.1, -0.05) is 5.16 Å². The third-order valence-corrected chi connectivity index (χ3v) is 3.46. The summed E-state index contributed by atoms with van der Waals surface area (Å²) in [5.41, 5.74) is 4.23. The molecule has 0 spiro atoms. The Morgan fingerprint density at radius 1 is 1.33 bits per heavy atom. The monoisotopic (exact) mass is 275 g/mol. The minimum absolute atomic E-state index is 0.0114. The average molecular weight is 275 g/mol. The molecule has 0 amide bonds. The molecule has 2 aromatic rings. The van der Waals surface area contributed by atoms with Crippen molar-refractivity contribution in [3.8, 4) is 0 Å². The lowest BCUT2D eigenvalue weighted by Gasteiger charge is -2.08. The lowest BCUT2D eigenvalue weighted by atomic mass is 10.3. The number of halogens is 2. The standard InChI is InChI=1S/C9H7F2N3O3S/c10-6-1-2-7(8(11)9(6)12)18(15,16)14-5-3-13-17-4-5/h1-4,14H,12H2. The fourth-order valence-electron chi connectivity index (χ4n) is 1.22. The van der Waals surface area contributed by atoms with E-state index in [1.54, 1.807) is 0 Å². The topological polar surface area (TPSA) is 98.2 Å². The minimum Gasteiger partial charge on any atom is -0.394 e. The van der Waals surface area contributed by atoms with Crippen molar-refractivity contribution in [1.29, 1.82) is 0 Å². The molecule has 0 aliphatic carbocycles. The van der Waals surface area contributed by atoms with Crippen molar-refractivity contribution >= 4 is 21.4 Å². The van der Waals surface area contributed by atoms with Gasteiger partial charge in [-0.15, -0.1) is 0 Å². The van der Waals surface area contributed by atoms with Crippen LogP contribution < -0.4 is 10.5 Å². The molecule has 0 atom stereocenters. The van der Waals surface area contributed by atoms with Crippen LogP contribution in [0.2, 0.25) is 0 Å². The van der Waals surface area contributed by atoms with Crippen LogP contribution >= 0.6 is 0 Å². The predicted molar refractivity (Wildman–Crippen MR) is 58.1 cm³/mol. The van der Waals surface area contributed by atoms with E-state index in [-0.39, 0.29) is 5.69 Å². The summed E-state index contributed by atoms with van der Waals surface area (Å²) in [6, 6.07) is 1.54. The maximum Gasteiger partial charge on any atom is 0.265 e. The van der Waals surface area contributed by atoms with Crippen molar-refractivity contribution in [3.63, 3.8) is 0 Å². The molecule has 0 aliphatic rings. The molecule has 6 nitrogen and oxygen atoms in total. The molecule has 0 radical (unpaired) electrons. The predicted octanol–water partition coefficient (Wildman–Crippen LogP) is 1.34. The second-order valence-corrected chi connectivity index (χ2v) is 4.94. The van der Waals surface area contributed by atoms with Gasteiger partial charge in [-0.05, 0) is 12.1 Å². The lowest BCUT2D eigenvalue weighted by Crippen LogP contribution is -2.15. The van der Waals surface area contributed by atoms with Crippen molar-refractivity contribution in [2.45, 2.75) is 4.90 Å². The zero-order chi connectivity index (χ0) is 13.3. The van der Waals surface area contributed by atoms with Crippen LogP contribution in [0.3, 0.4) is 0 Å². The molecule has 0 bridgehead atoms. The van der Waals surface area contributed by atoms with E-state index in [2.05, 4.69) is 9.68 Å². The quantitative estimate of drug-likeness (QED) is 0.823. The van der Waals surface area contributed by atoms with Gasteiger partial charge in [0, 0.05) is 0 Å². The fraction of sp³-hybridized carbons (Fsp3) is 0. The second-order valence-electron chi connectivity index (χ2n) is 3.29. The molecule has 9 heteroatoms. The van der Waals surface area contributed by atoms with Gasteiger partial charge < -0.3 is 10.3 Å². The van der Waals surface area contributed by atoms with Gasteiger partial charge in [-0.2, -0.15) is 0 Å². The van der Waals surface area contributed by atoms with E-state index in [1.807, 2.05) is 4.72 Å². The van der Waals surface area contributed by atoms with Crippen LogP contribution in [0.5, 0.6) is 0 Å². The number of hydrogen-bond acceptors (Lipinski definition) is 5. The number of nitrogens with one attached hydrogen (secondary N) is 1. The number of benzene rings is 1. The largest absolute Gasteiger partial charge is 0.394 e. The molecule has 1 aromatic carbocycles. The Morgan fingerprint density at radius 2 is 2.06 bits per heavy atom. The van der Waals surface area contributed by atoms with Crippen molar-refractivity contribution in [2.24, 2.45) is 0 Å². The van der Waals surface area contributed by atoms with E-state index >= 15 is 0 Å². The Kier molecular flexibility index (Phi) is 2.91. The van der Waals surface area contributed by atoms with E-state index in [0.29, 0.717) is 0 Å². The molecular formula is C9H7F2N3O3S.